The molecule has 2 aliphatic heterocycles. The Hall–Kier alpha value is -4.33. The molecule has 2 heterocycles. The van der Waals surface area contributed by atoms with Crippen LogP contribution >= 0.6 is 58.8 Å². The summed E-state index contributed by atoms with van der Waals surface area (Å²) in [4.78, 5) is 29.3. The molecule has 6 rings (SSSR count). The van der Waals surface area contributed by atoms with Crippen molar-refractivity contribution in [1.29, 1.82) is 0 Å². The third-order valence-corrected chi connectivity index (χ3v) is 12.4. The minimum absolute atomic E-state index is 0. The number of hydrogen-bond acceptors (Lipinski definition) is 9. The number of carbonyl (C=O) groups is 2. The van der Waals surface area contributed by atoms with E-state index in [1.54, 1.807) is 81.0 Å². The summed E-state index contributed by atoms with van der Waals surface area (Å²) >= 11 is 23.3. The van der Waals surface area contributed by atoms with Gasteiger partial charge in [-0.1, -0.05) is 83.5 Å². The maximum absolute atomic E-state index is 13.1. The van der Waals surface area contributed by atoms with E-state index < -0.39 is 17.8 Å². The molecule has 360 valence electrons. The lowest BCUT2D eigenvalue weighted by Gasteiger charge is -2.26. The predicted octanol–water partition coefficient (Wildman–Crippen LogP) is 12.5. The molecular formula is C50H63Cl5N4O7. The molecule has 4 N–H and O–H groups in total. The molecule has 0 aromatic heterocycles. The molecule has 2 saturated heterocycles. The second kappa shape index (κ2) is 30.1. The fraction of sp³-hybridized carbons (Fsp3) is 0.400. The number of amides is 1. The average Bonchev–Trinajstić information content (AvgIpc) is 3.31. The maximum Gasteiger partial charge on any atom is 0.311 e. The zero-order valence-electron chi connectivity index (χ0n) is 37.8. The number of carboxylic acid groups (broad SMARTS) is 1. The first-order chi connectivity index (χ1) is 31.4. The number of piperidine rings is 2. The number of benzene rings is 4. The molecule has 16 heteroatoms. The number of aliphatic carboxylic acids is 1. The number of anilines is 2. The SMILES string of the molecule is C=CCC(C(=O)Nc1ccc(Cl)c(Cl)c1)c1ccc(OC)c(OCCN2CCCCC2)c1.C=CCC(C(=O)O)c1ccc(OC)c(OCCN2CCCCC2)c1.Cl.Nc1ccc(Cl)c(Cl)c1. The molecule has 0 bridgehead atoms. The van der Waals surface area contributed by atoms with E-state index >= 15 is 0 Å². The van der Waals surface area contributed by atoms with E-state index in [9.17, 15) is 14.7 Å². The summed E-state index contributed by atoms with van der Waals surface area (Å²) in [5.74, 6) is 0.442. The van der Waals surface area contributed by atoms with Gasteiger partial charge in [0.25, 0.3) is 0 Å². The number of methoxy groups -OCH3 is 2. The first-order valence-electron chi connectivity index (χ1n) is 21.8. The highest BCUT2D eigenvalue weighted by Crippen LogP contribution is 2.35. The van der Waals surface area contributed by atoms with E-state index in [-0.39, 0.29) is 18.3 Å². The number of carboxylic acids is 1. The average molecular weight is 1010 g/mol. The van der Waals surface area contributed by atoms with Gasteiger partial charge >= 0.3 is 5.97 Å². The first kappa shape index (κ1) is 56.0. The van der Waals surface area contributed by atoms with Gasteiger partial charge in [0.05, 0.1) is 46.1 Å². The van der Waals surface area contributed by atoms with Crippen molar-refractivity contribution < 1.29 is 33.6 Å². The number of halogens is 5. The van der Waals surface area contributed by atoms with Crippen LogP contribution in [0, 0.1) is 0 Å². The number of ether oxygens (including phenoxy) is 4. The zero-order valence-corrected chi connectivity index (χ0v) is 41.6. The first-order valence-corrected chi connectivity index (χ1v) is 23.4. The molecule has 4 aromatic carbocycles. The molecule has 2 fully saturated rings. The fourth-order valence-electron chi connectivity index (χ4n) is 7.40. The van der Waals surface area contributed by atoms with E-state index in [4.69, 9.17) is 71.1 Å². The maximum atomic E-state index is 13.1. The Labute approximate surface area is 416 Å². The van der Waals surface area contributed by atoms with Gasteiger partial charge in [0.1, 0.15) is 13.2 Å². The third kappa shape index (κ3) is 18.4. The summed E-state index contributed by atoms with van der Waals surface area (Å²) in [6.07, 6.45) is 11.8. The van der Waals surface area contributed by atoms with Crippen molar-refractivity contribution in [2.24, 2.45) is 0 Å². The van der Waals surface area contributed by atoms with Crippen LogP contribution in [0.5, 0.6) is 23.0 Å². The molecule has 66 heavy (non-hydrogen) atoms. The van der Waals surface area contributed by atoms with Crippen LogP contribution < -0.4 is 30.0 Å². The Morgan fingerprint density at radius 2 is 1.11 bits per heavy atom. The van der Waals surface area contributed by atoms with Gasteiger partial charge < -0.3 is 35.1 Å². The van der Waals surface area contributed by atoms with Gasteiger partial charge in [-0.2, -0.15) is 0 Å². The molecule has 0 spiro atoms. The number of hydrogen-bond donors (Lipinski definition) is 3. The van der Waals surface area contributed by atoms with Crippen LogP contribution in [0.25, 0.3) is 0 Å². The smallest absolute Gasteiger partial charge is 0.311 e. The Balaban J connectivity index is 0.000000298. The fourth-order valence-corrected chi connectivity index (χ4v) is 8.01. The standard InChI is InChI=1S/C25H30Cl2N2O3.C19H27NO4.C6H5Cl2N.ClH/c1-3-7-20(25(30)28-19-9-10-21(26)22(27)17-19)18-8-11-23(31-2)24(16-18)32-15-14-29-12-5-4-6-13-29;1-3-7-16(19(21)22)15-8-9-17(23-2)18(14-15)24-13-12-20-10-5-4-6-11-20;7-5-2-1-4(9)3-6(5)8;/h3,8-11,16-17,20H,1,4-7,12-15H2,2H3,(H,28,30);3,8-9,14,16H,1,4-7,10-13H2,2H3,(H,21,22);1-3H,9H2;1H. The van der Waals surface area contributed by atoms with Gasteiger partial charge in [-0.15, -0.1) is 25.6 Å². The molecular weight excluding hydrogens is 946 g/mol. The highest BCUT2D eigenvalue weighted by molar-refractivity contribution is 6.42. The molecule has 2 unspecified atom stereocenters. The van der Waals surface area contributed by atoms with Gasteiger partial charge in [-0.3, -0.25) is 19.4 Å². The van der Waals surface area contributed by atoms with E-state index in [1.165, 1.54) is 38.5 Å². The molecule has 0 aliphatic carbocycles. The van der Waals surface area contributed by atoms with Gasteiger partial charge in [0.15, 0.2) is 23.0 Å². The second-order valence-electron chi connectivity index (χ2n) is 15.6. The number of rotatable bonds is 19. The van der Waals surface area contributed by atoms with Crippen molar-refractivity contribution in [3.8, 4) is 23.0 Å². The lowest BCUT2D eigenvalue weighted by Crippen LogP contribution is -2.33. The summed E-state index contributed by atoms with van der Waals surface area (Å²) in [5, 5.41) is 14.2. The van der Waals surface area contributed by atoms with Crippen LogP contribution in [0.15, 0.2) is 98.1 Å². The van der Waals surface area contributed by atoms with Crippen molar-refractivity contribution in [2.45, 2.75) is 63.2 Å². The van der Waals surface area contributed by atoms with Crippen molar-refractivity contribution in [2.75, 3.05) is 77.8 Å². The van der Waals surface area contributed by atoms with Crippen LogP contribution in [-0.4, -0.2) is 93.5 Å². The molecule has 2 aliphatic rings. The van der Waals surface area contributed by atoms with Crippen molar-refractivity contribution in [1.82, 2.24) is 9.80 Å². The van der Waals surface area contributed by atoms with Gasteiger partial charge in [-0.05, 0) is 136 Å². The lowest BCUT2D eigenvalue weighted by molar-refractivity contribution is -0.138. The number of likely N-dealkylation sites (tertiary alicyclic amines) is 2. The number of carbonyl (C=O) groups excluding carboxylic acids is 1. The Morgan fingerprint density at radius 3 is 1.53 bits per heavy atom. The topological polar surface area (TPSA) is 136 Å². The van der Waals surface area contributed by atoms with Crippen molar-refractivity contribution in [3.05, 3.63) is 129 Å². The Morgan fingerprint density at radius 1 is 0.652 bits per heavy atom. The molecule has 1 amide bonds. The van der Waals surface area contributed by atoms with E-state index in [1.807, 2.05) is 18.2 Å². The van der Waals surface area contributed by atoms with Crippen molar-refractivity contribution >= 4 is 82.1 Å². The normalized spacial score (nSPS) is 14.6. The number of nitrogens with one attached hydrogen (secondary N) is 1. The highest BCUT2D eigenvalue weighted by atomic mass is 35.5. The van der Waals surface area contributed by atoms with Crippen LogP contribution in [0.3, 0.4) is 0 Å². The Kier molecular flexibility index (Phi) is 25.6. The summed E-state index contributed by atoms with van der Waals surface area (Å²) < 4.78 is 22.8. The molecule has 2 atom stereocenters. The predicted molar refractivity (Wildman–Crippen MR) is 274 cm³/mol. The van der Waals surface area contributed by atoms with E-state index in [0.29, 0.717) is 86.1 Å². The molecule has 0 saturated carbocycles. The molecule has 11 nitrogen and oxygen atoms in total. The molecule has 0 radical (unpaired) electrons. The number of nitrogens with zero attached hydrogens (tertiary/aromatic N) is 2. The van der Waals surface area contributed by atoms with Crippen LogP contribution in [0.1, 0.15) is 74.3 Å². The number of nitrogen functional groups attached to an aromatic ring is 1. The monoisotopic (exact) mass is 1010 g/mol. The van der Waals surface area contributed by atoms with Crippen LogP contribution in [0.4, 0.5) is 11.4 Å². The minimum atomic E-state index is -0.862. The van der Waals surface area contributed by atoms with Crippen LogP contribution in [0.2, 0.25) is 20.1 Å². The number of allylic oxidation sites excluding steroid dienone is 2. The van der Waals surface area contributed by atoms with E-state index in [0.717, 1.165) is 44.8 Å². The van der Waals surface area contributed by atoms with Crippen LogP contribution in [-0.2, 0) is 9.59 Å². The quantitative estimate of drug-likeness (QED) is 0.0615. The van der Waals surface area contributed by atoms with E-state index in [2.05, 4.69) is 28.3 Å². The van der Waals surface area contributed by atoms with Gasteiger partial charge in [-0.25, -0.2) is 0 Å². The number of nitrogens with two attached hydrogens (primary N) is 1. The highest BCUT2D eigenvalue weighted by Gasteiger charge is 2.23. The van der Waals surface area contributed by atoms with Crippen molar-refractivity contribution in [3.63, 3.8) is 0 Å². The summed E-state index contributed by atoms with van der Waals surface area (Å²) in [6, 6.07) is 20.9. The second-order valence-corrected chi connectivity index (χ2v) is 17.2. The molecule has 4 aromatic rings. The minimum Gasteiger partial charge on any atom is -0.493 e. The Bertz CT molecular complexity index is 2150. The summed E-state index contributed by atoms with van der Waals surface area (Å²) in [7, 11) is 3.20. The zero-order chi connectivity index (χ0) is 47.1. The summed E-state index contributed by atoms with van der Waals surface area (Å²) in [5.41, 5.74) is 8.14. The van der Waals surface area contributed by atoms with Gasteiger partial charge in [0, 0.05) is 24.5 Å². The lowest BCUT2D eigenvalue weighted by atomic mass is 9.94. The largest absolute Gasteiger partial charge is 0.493 e. The van der Waals surface area contributed by atoms with Gasteiger partial charge in [0.2, 0.25) is 5.91 Å². The third-order valence-electron chi connectivity index (χ3n) is 11.0. The summed E-state index contributed by atoms with van der Waals surface area (Å²) in [6.45, 7) is 14.8.